The van der Waals surface area contributed by atoms with Crippen LogP contribution in [0.5, 0.6) is 0 Å². The first-order chi connectivity index (χ1) is 9.54. The fraction of sp³-hybridized carbons (Fsp3) is 0.533. The van der Waals surface area contributed by atoms with Crippen molar-refractivity contribution in [3.8, 4) is 0 Å². The SMILES string of the molecule is CN(C)C(=O)CN1CCN(Cc2ccc(Cl)cc2)CC1. The van der Waals surface area contributed by atoms with E-state index in [2.05, 4.69) is 21.9 Å². The Morgan fingerprint density at radius 3 is 2.20 bits per heavy atom. The minimum Gasteiger partial charge on any atom is -0.348 e. The Kier molecular flexibility index (Phi) is 5.40. The molecule has 1 aliphatic heterocycles. The van der Waals surface area contributed by atoms with Crippen LogP contribution in [0.1, 0.15) is 5.56 Å². The van der Waals surface area contributed by atoms with Crippen LogP contribution < -0.4 is 0 Å². The molecule has 0 radical (unpaired) electrons. The van der Waals surface area contributed by atoms with Gasteiger partial charge in [0, 0.05) is 51.8 Å². The van der Waals surface area contributed by atoms with Crippen molar-refractivity contribution in [2.24, 2.45) is 0 Å². The van der Waals surface area contributed by atoms with E-state index in [1.807, 2.05) is 12.1 Å². The van der Waals surface area contributed by atoms with Crippen molar-refractivity contribution in [2.75, 3.05) is 46.8 Å². The van der Waals surface area contributed by atoms with Gasteiger partial charge in [0.05, 0.1) is 6.54 Å². The maximum Gasteiger partial charge on any atom is 0.236 e. The minimum atomic E-state index is 0.177. The van der Waals surface area contributed by atoms with Crippen LogP contribution >= 0.6 is 11.6 Å². The molecular weight excluding hydrogens is 274 g/mol. The Labute approximate surface area is 125 Å². The minimum absolute atomic E-state index is 0.177. The molecule has 0 aliphatic carbocycles. The lowest BCUT2D eigenvalue weighted by atomic mass is 10.2. The van der Waals surface area contributed by atoms with Crippen LogP contribution in [0, 0.1) is 0 Å². The summed E-state index contributed by atoms with van der Waals surface area (Å²) in [6.07, 6.45) is 0. The monoisotopic (exact) mass is 295 g/mol. The third kappa shape index (κ3) is 4.47. The molecule has 0 unspecified atom stereocenters. The highest BCUT2D eigenvalue weighted by Crippen LogP contribution is 2.12. The Morgan fingerprint density at radius 2 is 1.65 bits per heavy atom. The van der Waals surface area contributed by atoms with Crippen molar-refractivity contribution in [1.82, 2.24) is 14.7 Å². The predicted octanol–water partition coefficient (Wildman–Crippen LogP) is 1.55. The van der Waals surface area contributed by atoms with E-state index in [1.54, 1.807) is 19.0 Å². The summed E-state index contributed by atoms with van der Waals surface area (Å²) in [7, 11) is 3.61. The van der Waals surface area contributed by atoms with Crippen molar-refractivity contribution in [3.63, 3.8) is 0 Å². The van der Waals surface area contributed by atoms with Crippen molar-refractivity contribution in [2.45, 2.75) is 6.54 Å². The van der Waals surface area contributed by atoms with Gasteiger partial charge in [-0.05, 0) is 17.7 Å². The van der Waals surface area contributed by atoms with Crippen LogP contribution in [0.4, 0.5) is 0 Å². The molecule has 1 heterocycles. The van der Waals surface area contributed by atoms with E-state index in [1.165, 1.54) is 5.56 Å². The zero-order valence-corrected chi connectivity index (χ0v) is 12.9. The Balaban J connectivity index is 1.77. The molecule has 0 bridgehead atoms. The molecule has 4 nitrogen and oxygen atoms in total. The molecule has 1 aromatic rings. The van der Waals surface area contributed by atoms with Crippen LogP contribution in [0.2, 0.25) is 5.02 Å². The molecule has 1 aromatic carbocycles. The smallest absolute Gasteiger partial charge is 0.236 e. The van der Waals surface area contributed by atoms with E-state index in [-0.39, 0.29) is 5.91 Å². The van der Waals surface area contributed by atoms with Gasteiger partial charge in [0.25, 0.3) is 0 Å². The number of rotatable bonds is 4. The van der Waals surface area contributed by atoms with E-state index in [0.29, 0.717) is 6.54 Å². The fourth-order valence-corrected chi connectivity index (χ4v) is 2.41. The van der Waals surface area contributed by atoms with E-state index >= 15 is 0 Å². The first-order valence-corrected chi connectivity index (χ1v) is 7.31. The maximum absolute atomic E-state index is 11.7. The van der Waals surface area contributed by atoms with Gasteiger partial charge in [0.1, 0.15) is 0 Å². The Morgan fingerprint density at radius 1 is 1.10 bits per heavy atom. The molecule has 1 aliphatic rings. The summed E-state index contributed by atoms with van der Waals surface area (Å²) in [5.41, 5.74) is 1.28. The second-order valence-corrected chi connectivity index (χ2v) is 5.90. The lowest BCUT2D eigenvalue weighted by molar-refractivity contribution is -0.130. The topological polar surface area (TPSA) is 26.8 Å². The van der Waals surface area contributed by atoms with E-state index < -0.39 is 0 Å². The number of amides is 1. The van der Waals surface area contributed by atoms with Gasteiger partial charge in [-0.3, -0.25) is 14.6 Å². The number of nitrogens with zero attached hydrogens (tertiary/aromatic N) is 3. The van der Waals surface area contributed by atoms with Crippen LogP contribution in [0.25, 0.3) is 0 Å². The molecule has 1 fully saturated rings. The third-order valence-corrected chi connectivity index (χ3v) is 3.89. The van der Waals surface area contributed by atoms with Gasteiger partial charge in [-0.1, -0.05) is 23.7 Å². The molecule has 1 saturated heterocycles. The van der Waals surface area contributed by atoms with Crippen LogP contribution in [-0.4, -0.2) is 67.4 Å². The highest BCUT2D eigenvalue weighted by Gasteiger charge is 2.19. The molecule has 5 heteroatoms. The first-order valence-electron chi connectivity index (χ1n) is 6.94. The Bertz CT molecular complexity index is 439. The molecule has 110 valence electrons. The summed E-state index contributed by atoms with van der Waals surface area (Å²) in [6.45, 7) is 5.39. The first kappa shape index (κ1) is 15.3. The van der Waals surface area contributed by atoms with E-state index in [9.17, 15) is 4.79 Å². The average molecular weight is 296 g/mol. The molecule has 0 aromatic heterocycles. The highest BCUT2D eigenvalue weighted by atomic mass is 35.5. The van der Waals surface area contributed by atoms with Gasteiger partial charge in [-0.15, -0.1) is 0 Å². The number of carbonyl (C=O) groups excluding carboxylic acids is 1. The lowest BCUT2D eigenvalue weighted by Crippen LogP contribution is -2.48. The normalized spacial score (nSPS) is 17.1. The molecular formula is C15H22ClN3O. The molecule has 0 saturated carbocycles. The molecule has 1 amide bonds. The largest absolute Gasteiger partial charge is 0.348 e. The lowest BCUT2D eigenvalue weighted by Gasteiger charge is -2.34. The zero-order valence-electron chi connectivity index (χ0n) is 12.2. The highest BCUT2D eigenvalue weighted by molar-refractivity contribution is 6.30. The maximum atomic E-state index is 11.7. The summed E-state index contributed by atoms with van der Waals surface area (Å²) < 4.78 is 0. The van der Waals surface area contributed by atoms with Crippen molar-refractivity contribution in [3.05, 3.63) is 34.9 Å². The quantitative estimate of drug-likeness (QED) is 0.843. The van der Waals surface area contributed by atoms with E-state index in [4.69, 9.17) is 11.6 Å². The van der Waals surface area contributed by atoms with Crippen LogP contribution in [-0.2, 0) is 11.3 Å². The summed E-state index contributed by atoms with van der Waals surface area (Å²) >= 11 is 5.89. The molecule has 0 atom stereocenters. The van der Waals surface area contributed by atoms with Gasteiger partial charge in [-0.25, -0.2) is 0 Å². The molecule has 0 N–H and O–H groups in total. The number of hydrogen-bond acceptors (Lipinski definition) is 3. The second-order valence-electron chi connectivity index (χ2n) is 5.47. The number of likely N-dealkylation sites (N-methyl/N-ethyl adjacent to an activating group) is 1. The standard InChI is InChI=1S/C15H22ClN3O/c1-17(2)15(20)12-19-9-7-18(8-10-19)11-13-3-5-14(16)6-4-13/h3-6H,7-12H2,1-2H3. The molecule has 2 rings (SSSR count). The predicted molar refractivity (Wildman–Crippen MR) is 81.9 cm³/mol. The second kappa shape index (κ2) is 7.07. The van der Waals surface area contributed by atoms with Gasteiger partial charge in [0.15, 0.2) is 0 Å². The number of benzene rings is 1. The van der Waals surface area contributed by atoms with Crippen molar-refractivity contribution in [1.29, 1.82) is 0 Å². The van der Waals surface area contributed by atoms with Gasteiger partial charge < -0.3 is 4.90 Å². The van der Waals surface area contributed by atoms with Crippen LogP contribution in [0.15, 0.2) is 24.3 Å². The average Bonchev–Trinajstić information content (AvgIpc) is 2.43. The van der Waals surface area contributed by atoms with Crippen molar-refractivity contribution < 1.29 is 4.79 Å². The number of carbonyl (C=O) groups is 1. The number of piperazine rings is 1. The van der Waals surface area contributed by atoms with Crippen molar-refractivity contribution >= 4 is 17.5 Å². The van der Waals surface area contributed by atoms with Gasteiger partial charge >= 0.3 is 0 Å². The number of hydrogen-bond donors (Lipinski definition) is 0. The molecule has 0 spiro atoms. The van der Waals surface area contributed by atoms with Crippen LogP contribution in [0.3, 0.4) is 0 Å². The Hall–Kier alpha value is -1.10. The summed E-state index contributed by atoms with van der Waals surface area (Å²) in [6, 6.07) is 8.01. The molecule has 20 heavy (non-hydrogen) atoms. The van der Waals surface area contributed by atoms with E-state index in [0.717, 1.165) is 37.7 Å². The van der Waals surface area contributed by atoms with Gasteiger partial charge in [0.2, 0.25) is 5.91 Å². The fourth-order valence-electron chi connectivity index (χ4n) is 2.29. The summed E-state index contributed by atoms with van der Waals surface area (Å²) in [5, 5.41) is 0.778. The summed E-state index contributed by atoms with van der Waals surface area (Å²) in [5.74, 6) is 0.177. The third-order valence-electron chi connectivity index (χ3n) is 3.64. The van der Waals surface area contributed by atoms with Gasteiger partial charge in [-0.2, -0.15) is 0 Å². The zero-order chi connectivity index (χ0) is 14.5. The summed E-state index contributed by atoms with van der Waals surface area (Å²) in [4.78, 5) is 18.0. The number of halogens is 1.